The van der Waals surface area contributed by atoms with Crippen LogP contribution in [0.25, 0.3) is 0 Å². The largest absolute Gasteiger partial charge is 0.254 e. The van der Waals surface area contributed by atoms with Gasteiger partial charge >= 0.3 is 0 Å². The van der Waals surface area contributed by atoms with Crippen LogP contribution < -0.4 is 5.32 Å². The lowest BCUT2D eigenvalue weighted by Gasteiger charge is -2.33. The number of nitrogens with zero attached hydrogens (tertiary/aromatic N) is 1. The molecule has 1 aromatic rings. The van der Waals surface area contributed by atoms with Gasteiger partial charge in [-0.25, -0.2) is 0 Å². The van der Waals surface area contributed by atoms with Crippen LogP contribution in [0.15, 0.2) is 36.0 Å². The summed E-state index contributed by atoms with van der Waals surface area (Å²) in [6.07, 6.45) is 2.28. The molecule has 1 aliphatic rings. The van der Waals surface area contributed by atoms with Gasteiger partial charge in [-0.15, -0.1) is 0 Å². The zero-order chi connectivity index (χ0) is 11.1. The smallest absolute Gasteiger partial charge is 0.0670 e. The Morgan fingerprint density at radius 1 is 1.13 bits per heavy atom. The number of benzene rings is 1. The van der Waals surface area contributed by atoms with E-state index < -0.39 is 0 Å². The summed E-state index contributed by atoms with van der Waals surface area (Å²) in [5, 5.41) is 4.57. The van der Waals surface area contributed by atoms with Gasteiger partial charge in [-0.2, -0.15) is 0 Å². The maximum Gasteiger partial charge on any atom is 0.0670 e. The Bertz CT molecular complexity index is 396. The topological polar surface area (TPSA) is 14.1 Å². The first-order chi connectivity index (χ1) is 6.98. The second-order valence-corrected chi connectivity index (χ2v) is 5.32. The summed E-state index contributed by atoms with van der Waals surface area (Å²) in [5.74, 6) is 0.478. The lowest BCUT2D eigenvalue weighted by atomic mass is 9.74. The van der Waals surface area contributed by atoms with Crippen LogP contribution in [0.2, 0.25) is 0 Å². The standard InChI is InChI=1S/C14H18N/c1-10-9-12(14(2,3)4)11-7-5-6-8-13(11)15-10/h5-9,12H,1-4H3. The average Bonchev–Trinajstić information content (AvgIpc) is 2.15. The molecule has 1 aliphatic heterocycles. The van der Waals surface area contributed by atoms with E-state index in [2.05, 4.69) is 63.4 Å². The van der Waals surface area contributed by atoms with E-state index >= 15 is 0 Å². The van der Waals surface area contributed by atoms with Gasteiger partial charge in [0.25, 0.3) is 0 Å². The van der Waals surface area contributed by atoms with E-state index in [9.17, 15) is 0 Å². The highest BCUT2D eigenvalue weighted by atomic mass is 14.9. The molecule has 0 spiro atoms. The van der Waals surface area contributed by atoms with Crippen LogP contribution in [0.4, 0.5) is 5.69 Å². The van der Waals surface area contributed by atoms with Crippen LogP contribution in [0.5, 0.6) is 0 Å². The molecule has 0 aliphatic carbocycles. The van der Waals surface area contributed by atoms with Crippen molar-refractivity contribution in [2.45, 2.75) is 33.6 Å². The predicted molar refractivity (Wildman–Crippen MR) is 64.2 cm³/mol. The fraction of sp³-hybridized carbons (Fsp3) is 0.429. The first kappa shape index (κ1) is 10.3. The Balaban J connectivity index is 2.50. The molecule has 0 saturated carbocycles. The van der Waals surface area contributed by atoms with Crippen LogP contribution in [-0.2, 0) is 0 Å². The summed E-state index contributed by atoms with van der Waals surface area (Å²) in [6, 6.07) is 8.45. The Morgan fingerprint density at radius 2 is 1.80 bits per heavy atom. The van der Waals surface area contributed by atoms with E-state index in [0.29, 0.717) is 5.92 Å². The monoisotopic (exact) mass is 200 g/mol. The van der Waals surface area contributed by atoms with Gasteiger partial charge in [0.15, 0.2) is 0 Å². The highest BCUT2D eigenvalue weighted by Crippen LogP contribution is 2.42. The second kappa shape index (κ2) is 3.41. The number of para-hydroxylation sites is 1. The van der Waals surface area contributed by atoms with Crippen molar-refractivity contribution in [3.63, 3.8) is 0 Å². The average molecular weight is 200 g/mol. The van der Waals surface area contributed by atoms with E-state index in [1.807, 2.05) is 0 Å². The minimum atomic E-state index is 0.257. The van der Waals surface area contributed by atoms with Gasteiger partial charge < -0.3 is 0 Å². The van der Waals surface area contributed by atoms with Crippen molar-refractivity contribution >= 4 is 5.69 Å². The number of hydrogen-bond donors (Lipinski definition) is 0. The van der Waals surface area contributed by atoms with Gasteiger partial charge in [0.05, 0.1) is 5.69 Å². The minimum Gasteiger partial charge on any atom is -0.254 e. The summed E-state index contributed by atoms with van der Waals surface area (Å²) in [6.45, 7) is 8.92. The third-order valence-electron chi connectivity index (χ3n) is 2.91. The third-order valence-corrected chi connectivity index (χ3v) is 2.91. The molecule has 1 aromatic carbocycles. The molecule has 0 aromatic heterocycles. The Kier molecular flexibility index (Phi) is 2.34. The van der Waals surface area contributed by atoms with Crippen molar-refractivity contribution in [1.29, 1.82) is 0 Å². The molecule has 1 radical (unpaired) electrons. The first-order valence-electron chi connectivity index (χ1n) is 5.47. The molecule has 0 N–H and O–H groups in total. The molecule has 0 saturated heterocycles. The predicted octanol–water partition coefficient (Wildman–Crippen LogP) is 3.97. The zero-order valence-electron chi connectivity index (χ0n) is 9.91. The fourth-order valence-electron chi connectivity index (χ4n) is 2.13. The van der Waals surface area contributed by atoms with Crippen molar-refractivity contribution < 1.29 is 0 Å². The molecule has 15 heavy (non-hydrogen) atoms. The SMILES string of the molecule is CC1=CC(C(C)(C)C)c2ccccc2[N]1. The van der Waals surface area contributed by atoms with Crippen molar-refractivity contribution in [3.05, 3.63) is 41.6 Å². The Labute approximate surface area is 92.2 Å². The van der Waals surface area contributed by atoms with Gasteiger partial charge in [0.1, 0.15) is 0 Å². The fourth-order valence-corrected chi connectivity index (χ4v) is 2.13. The van der Waals surface area contributed by atoms with Crippen LogP contribution in [0, 0.1) is 5.41 Å². The summed E-state index contributed by atoms with van der Waals surface area (Å²) < 4.78 is 0. The van der Waals surface area contributed by atoms with Crippen LogP contribution in [-0.4, -0.2) is 0 Å². The third kappa shape index (κ3) is 1.92. The van der Waals surface area contributed by atoms with Gasteiger partial charge in [-0.05, 0) is 24.0 Å². The maximum absolute atomic E-state index is 4.57. The molecular formula is C14H18N. The number of allylic oxidation sites excluding steroid dienone is 2. The van der Waals surface area contributed by atoms with E-state index in [0.717, 1.165) is 11.4 Å². The van der Waals surface area contributed by atoms with E-state index in [1.54, 1.807) is 0 Å². The van der Waals surface area contributed by atoms with Crippen molar-refractivity contribution in [2.24, 2.45) is 5.41 Å². The Hall–Kier alpha value is -1.24. The molecule has 0 bridgehead atoms. The lowest BCUT2D eigenvalue weighted by molar-refractivity contribution is 0.362. The number of fused-ring (bicyclic) bond motifs is 1. The normalized spacial score (nSPS) is 20.3. The summed E-state index contributed by atoms with van der Waals surface area (Å²) in [4.78, 5) is 0. The molecule has 0 fully saturated rings. The molecule has 1 nitrogen and oxygen atoms in total. The van der Waals surface area contributed by atoms with Crippen molar-refractivity contribution in [1.82, 2.24) is 5.32 Å². The highest BCUT2D eigenvalue weighted by molar-refractivity contribution is 5.53. The van der Waals surface area contributed by atoms with Crippen LogP contribution >= 0.6 is 0 Å². The highest BCUT2D eigenvalue weighted by Gasteiger charge is 2.29. The molecular weight excluding hydrogens is 182 g/mol. The van der Waals surface area contributed by atoms with E-state index in [1.165, 1.54) is 5.56 Å². The molecule has 2 rings (SSSR count). The molecule has 1 unspecified atom stereocenters. The molecule has 1 heterocycles. The van der Waals surface area contributed by atoms with Crippen LogP contribution in [0.1, 0.15) is 39.2 Å². The Morgan fingerprint density at radius 3 is 2.47 bits per heavy atom. The second-order valence-electron chi connectivity index (χ2n) is 5.32. The zero-order valence-corrected chi connectivity index (χ0v) is 9.91. The number of hydrogen-bond acceptors (Lipinski definition) is 0. The number of rotatable bonds is 0. The summed E-state index contributed by atoms with van der Waals surface area (Å²) in [7, 11) is 0. The van der Waals surface area contributed by atoms with Crippen molar-refractivity contribution in [3.8, 4) is 0 Å². The molecule has 79 valence electrons. The van der Waals surface area contributed by atoms with Gasteiger partial charge in [-0.1, -0.05) is 45.0 Å². The van der Waals surface area contributed by atoms with Crippen LogP contribution in [0.3, 0.4) is 0 Å². The molecule has 0 amide bonds. The lowest BCUT2D eigenvalue weighted by Crippen LogP contribution is -2.21. The molecule has 1 atom stereocenters. The van der Waals surface area contributed by atoms with E-state index in [-0.39, 0.29) is 5.41 Å². The van der Waals surface area contributed by atoms with Gasteiger partial charge in [0, 0.05) is 11.6 Å². The summed E-state index contributed by atoms with van der Waals surface area (Å²) in [5.41, 5.74) is 3.88. The van der Waals surface area contributed by atoms with E-state index in [4.69, 9.17) is 0 Å². The maximum atomic E-state index is 4.57. The quantitative estimate of drug-likeness (QED) is 0.601. The van der Waals surface area contributed by atoms with Crippen molar-refractivity contribution in [2.75, 3.05) is 0 Å². The minimum absolute atomic E-state index is 0.257. The molecule has 1 heteroatoms. The first-order valence-corrected chi connectivity index (χ1v) is 5.47. The summed E-state index contributed by atoms with van der Waals surface area (Å²) >= 11 is 0. The van der Waals surface area contributed by atoms with Gasteiger partial charge in [-0.3, -0.25) is 5.32 Å². The van der Waals surface area contributed by atoms with Gasteiger partial charge in [0.2, 0.25) is 0 Å².